The fourth-order valence-electron chi connectivity index (χ4n) is 3.14. The van der Waals surface area contributed by atoms with Crippen LogP contribution in [0.5, 0.6) is 0 Å². The summed E-state index contributed by atoms with van der Waals surface area (Å²) in [5, 5.41) is 3.42. The van der Waals surface area contributed by atoms with E-state index in [2.05, 4.69) is 57.2 Å². The van der Waals surface area contributed by atoms with E-state index in [-0.39, 0.29) is 11.4 Å². The van der Waals surface area contributed by atoms with Gasteiger partial charge in [0.1, 0.15) is 0 Å². The Labute approximate surface area is 168 Å². The fourth-order valence-corrected chi connectivity index (χ4v) is 6.80. The molecule has 0 saturated heterocycles. The number of carbonyl (C=O) groups is 1. The lowest BCUT2D eigenvalue weighted by molar-refractivity contribution is -0.137. The number of esters is 1. The van der Waals surface area contributed by atoms with Crippen molar-refractivity contribution in [3.8, 4) is 0 Å². The molecule has 0 N–H and O–H groups in total. The van der Waals surface area contributed by atoms with Crippen LogP contribution in [0.1, 0.15) is 20.8 Å². The maximum atomic E-state index is 13.0. The fraction of sp³-hybridized carbons (Fsp3) is 0.200. The molecular weight excluding hydrogens is 363 g/mol. The number of hydrogen-bond acceptors (Lipinski definition) is 2. The van der Waals surface area contributed by atoms with Crippen molar-refractivity contribution in [2.45, 2.75) is 20.8 Å². The molecule has 0 amide bonds. The average molecular weight is 390 g/mol. The molecule has 0 radical (unpaired) electrons. The molecule has 2 nitrogen and oxygen atoms in total. The monoisotopic (exact) mass is 390 g/mol. The quantitative estimate of drug-likeness (QED) is 0.478. The molecule has 3 aromatic rings. The van der Waals surface area contributed by atoms with Gasteiger partial charge in [0.2, 0.25) is 0 Å². The van der Waals surface area contributed by atoms with Crippen LogP contribution in [0.4, 0.5) is 0 Å². The highest BCUT2D eigenvalue weighted by Crippen LogP contribution is 2.43. The van der Waals surface area contributed by atoms with Gasteiger partial charge in [0.25, 0.3) is 0 Å². The summed E-state index contributed by atoms with van der Waals surface area (Å²) in [5.41, 5.74) is -0.0726. The van der Waals surface area contributed by atoms with E-state index in [1.165, 1.54) is 0 Å². The van der Waals surface area contributed by atoms with Crippen molar-refractivity contribution in [3.05, 3.63) is 91.0 Å². The Kier molecular flexibility index (Phi) is 6.21. The lowest BCUT2D eigenvalue weighted by atomic mass is 9.99. The first kappa shape index (κ1) is 20.2. The SMILES string of the molecule is CC(C)(C)COC(=O)C=P(c1ccccc1)(c1ccccc1)c1ccccc1. The van der Waals surface area contributed by atoms with E-state index in [1.807, 2.05) is 60.4 Å². The minimum Gasteiger partial charge on any atom is -0.462 e. The lowest BCUT2D eigenvalue weighted by Gasteiger charge is -2.28. The first-order chi connectivity index (χ1) is 13.4. The van der Waals surface area contributed by atoms with Gasteiger partial charge < -0.3 is 4.74 Å². The van der Waals surface area contributed by atoms with Crippen molar-refractivity contribution in [2.24, 2.45) is 5.41 Å². The Balaban J connectivity index is 2.25. The zero-order chi connectivity index (χ0) is 20.0. The van der Waals surface area contributed by atoms with Gasteiger partial charge in [-0.3, -0.25) is 0 Å². The minimum atomic E-state index is -2.29. The van der Waals surface area contributed by atoms with Crippen LogP contribution in [0.2, 0.25) is 0 Å². The van der Waals surface area contributed by atoms with Crippen LogP contribution in [0.3, 0.4) is 0 Å². The predicted octanol–water partition coefficient (Wildman–Crippen LogP) is 4.37. The molecule has 0 aliphatic carbocycles. The van der Waals surface area contributed by atoms with Crippen LogP contribution >= 0.6 is 6.89 Å². The van der Waals surface area contributed by atoms with E-state index < -0.39 is 6.89 Å². The average Bonchev–Trinajstić information content (AvgIpc) is 2.72. The van der Waals surface area contributed by atoms with Gasteiger partial charge in [0.15, 0.2) is 0 Å². The second-order valence-electron chi connectivity index (χ2n) is 8.03. The molecule has 0 aliphatic rings. The number of carbonyl (C=O) groups excluding carboxylic acids is 1. The van der Waals surface area contributed by atoms with Crippen LogP contribution in [0.25, 0.3) is 0 Å². The van der Waals surface area contributed by atoms with Crippen molar-refractivity contribution in [1.29, 1.82) is 0 Å². The summed E-state index contributed by atoms with van der Waals surface area (Å²) in [7, 11) is 0. The van der Waals surface area contributed by atoms with Crippen molar-refractivity contribution in [3.63, 3.8) is 0 Å². The summed E-state index contributed by atoms with van der Waals surface area (Å²) < 4.78 is 5.66. The Hall–Kier alpha value is -2.57. The Morgan fingerprint density at radius 2 is 1.11 bits per heavy atom. The van der Waals surface area contributed by atoms with Gasteiger partial charge in [-0.15, -0.1) is 0 Å². The third-order valence-corrected chi connectivity index (χ3v) is 8.37. The topological polar surface area (TPSA) is 26.3 Å². The van der Waals surface area contributed by atoms with Crippen LogP contribution < -0.4 is 15.9 Å². The van der Waals surface area contributed by atoms with E-state index in [9.17, 15) is 4.79 Å². The maximum Gasteiger partial charge on any atom is 0.331 e. The normalized spacial score (nSPS) is 11.7. The lowest BCUT2D eigenvalue weighted by Crippen LogP contribution is -2.29. The van der Waals surface area contributed by atoms with E-state index in [4.69, 9.17) is 4.74 Å². The largest absolute Gasteiger partial charge is 0.462 e. The number of benzene rings is 3. The van der Waals surface area contributed by atoms with Gasteiger partial charge in [-0.05, 0) is 28.2 Å². The Morgan fingerprint density at radius 3 is 1.43 bits per heavy atom. The van der Waals surface area contributed by atoms with Crippen molar-refractivity contribution < 1.29 is 9.53 Å². The molecule has 3 heteroatoms. The summed E-state index contributed by atoms with van der Waals surface area (Å²) in [6, 6.07) is 30.9. The van der Waals surface area contributed by atoms with Gasteiger partial charge in [0.05, 0.1) is 6.61 Å². The van der Waals surface area contributed by atoms with Gasteiger partial charge >= 0.3 is 5.97 Å². The van der Waals surface area contributed by atoms with E-state index in [0.29, 0.717) is 6.61 Å². The zero-order valence-corrected chi connectivity index (χ0v) is 17.6. The second-order valence-corrected chi connectivity index (χ2v) is 11.3. The van der Waals surface area contributed by atoms with Gasteiger partial charge in [0, 0.05) is 5.80 Å². The van der Waals surface area contributed by atoms with E-state index >= 15 is 0 Å². The molecule has 0 aromatic heterocycles. The van der Waals surface area contributed by atoms with Crippen molar-refractivity contribution in [2.75, 3.05) is 6.61 Å². The molecule has 0 saturated carbocycles. The minimum absolute atomic E-state index is 0.0726. The molecule has 0 bridgehead atoms. The highest BCUT2D eigenvalue weighted by atomic mass is 31.2. The summed E-state index contributed by atoms with van der Waals surface area (Å²) in [4.78, 5) is 13.0. The Morgan fingerprint density at radius 1 is 0.750 bits per heavy atom. The summed E-state index contributed by atoms with van der Waals surface area (Å²) >= 11 is 0. The summed E-state index contributed by atoms with van der Waals surface area (Å²) in [6.45, 7) is 4.29. The Bertz CT molecular complexity index is 852. The molecule has 0 aliphatic heterocycles. The number of rotatable bonds is 5. The molecule has 0 spiro atoms. The first-order valence-electron chi connectivity index (χ1n) is 9.50. The summed E-state index contributed by atoms with van der Waals surface area (Å²) in [6.07, 6.45) is 0. The van der Waals surface area contributed by atoms with Crippen LogP contribution in [0, 0.1) is 5.41 Å². The van der Waals surface area contributed by atoms with Crippen molar-refractivity contribution in [1.82, 2.24) is 0 Å². The van der Waals surface area contributed by atoms with Crippen molar-refractivity contribution >= 4 is 34.6 Å². The van der Waals surface area contributed by atoms with Gasteiger partial charge in [-0.2, -0.15) is 0 Å². The van der Waals surface area contributed by atoms with Gasteiger partial charge in [-0.25, -0.2) is 4.79 Å². The van der Waals surface area contributed by atoms with Crippen LogP contribution in [-0.2, 0) is 9.53 Å². The molecule has 0 atom stereocenters. The number of ether oxygens (including phenoxy) is 1. The molecule has 3 aromatic carbocycles. The third kappa shape index (κ3) is 4.64. The number of hydrogen-bond donors (Lipinski definition) is 0. The van der Waals surface area contributed by atoms with Crippen LogP contribution in [-0.4, -0.2) is 18.4 Å². The second kappa shape index (κ2) is 8.63. The molecule has 0 heterocycles. The standard InChI is InChI=1S/C25H27O2P/c1-25(2,3)20-27-24(26)19-28(21-13-7-4-8-14-21,22-15-9-5-10-16-22)23-17-11-6-12-18-23/h4-19H,20H2,1-3H3. The molecule has 0 fully saturated rings. The van der Waals surface area contributed by atoms with E-state index in [1.54, 1.807) is 0 Å². The van der Waals surface area contributed by atoms with Crippen LogP contribution in [0.15, 0.2) is 91.0 Å². The third-order valence-electron chi connectivity index (χ3n) is 4.44. The summed E-state index contributed by atoms with van der Waals surface area (Å²) in [5.74, 6) is 1.57. The molecule has 144 valence electrons. The highest BCUT2D eigenvalue weighted by Gasteiger charge is 2.27. The van der Waals surface area contributed by atoms with Gasteiger partial charge in [-0.1, -0.05) is 112 Å². The molecule has 28 heavy (non-hydrogen) atoms. The molecule has 0 unspecified atom stereocenters. The molecular formula is C25H27O2P. The van der Waals surface area contributed by atoms with E-state index in [0.717, 1.165) is 15.9 Å². The predicted molar refractivity (Wildman–Crippen MR) is 122 cm³/mol. The first-order valence-corrected chi connectivity index (χ1v) is 11.4. The smallest absolute Gasteiger partial charge is 0.331 e. The highest BCUT2D eigenvalue weighted by molar-refractivity contribution is 7.95. The zero-order valence-electron chi connectivity index (χ0n) is 16.7. The molecule has 3 rings (SSSR count). The maximum absolute atomic E-state index is 13.0.